The molecule has 1 aromatic heterocycles. The van der Waals surface area contributed by atoms with Crippen LogP contribution in [0.5, 0.6) is 5.75 Å². The quantitative estimate of drug-likeness (QED) is 0.635. The summed E-state index contributed by atoms with van der Waals surface area (Å²) in [6, 6.07) is 4.88. The van der Waals surface area contributed by atoms with Crippen molar-refractivity contribution in [2.24, 2.45) is 0 Å². The number of carbonyl (C=O) groups excluding carboxylic acids is 1. The molecule has 2 rings (SSSR count). The second kappa shape index (κ2) is 5.49. The molecule has 0 saturated carbocycles. The number of aromatic nitrogens is 1. The molecule has 0 aliphatic heterocycles. The summed E-state index contributed by atoms with van der Waals surface area (Å²) in [4.78, 5) is 37.3. The van der Waals surface area contributed by atoms with Crippen LogP contribution in [0.25, 0.3) is 0 Å². The van der Waals surface area contributed by atoms with Crippen LogP contribution >= 0.6 is 0 Å². The number of hydrogen-bond donors (Lipinski definition) is 4. The first kappa shape index (κ1) is 14.3. The molecule has 1 aromatic carbocycles. The van der Waals surface area contributed by atoms with Crippen LogP contribution < -0.4 is 10.7 Å². The van der Waals surface area contributed by atoms with E-state index in [0.717, 1.165) is 12.1 Å². The van der Waals surface area contributed by atoms with Gasteiger partial charge >= 0.3 is 5.97 Å². The van der Waals surface area contributed by atoms with E-state index in [-0.39, 0.29) is 16.8 Å². The lowest BCUT2D eigenvalue weighted by atomic mass is 10.1. The van der Waals surface area contributed by atoms with Crippen LogP contribution in [-0.2, 0) is 0 Å². The highest BCUT2D eigenvalue weighted by Crippen LogP contribution is 2.21. The summed E-state index contributed by atoms with van der Waals surface area (Å²) in [5.74, 6) is -2.40. The minimum atomic E-state index is -1.32. The van der Waals surface area contributed by atoms with Crippen LogP contribution in [0.15, 0.2) is 35.3 Å². The number of carbonyl (C=O) groups is 2. The van der Waals surface area contributed by atoms with Crippen molar-refractivity contribution in [1.29, 1.82) is 0 Å². The van der Waals surface area contributed by atoms with Crippen molar-refractivity contribution in [3.63, 3.8) is 0 Å². The third kappa shape index (κ3) is 3.08. The summed E-state index contributed by atoms with van der Waals surface area (Å²) in [5, 5.41) is 20.7. The van der Waals surface area contributed by atoms with E-state index in [1.165, 1.54) is 18.3 Å². The predicted molar refractivity (Wildman–Crippen MR) is 74.8 cm³/mol. The van der Waals surface area contributed by atoms with Gasteiger partial charge in [0.1, 0.15) is 16.9 Å². The van der Waals surface area contributed by atoms with Crippen LogP contribution in [0.1, 0.15) is 26.4 Å². The van der Waals surface area contributed by atoms with Gasteiger partial charge in [0.05, 0.1) is 0 Å². The zero-order valence-corrected chi connectivity index (χ0v) is 11.0. The van der Waals surface area contributed by atoms with Crippen molar-refractivity contribution in [3.8, 4) is 5.75 Å². The molecule has 0 bridgehead atoms. The molecule has 0 saturated heterocycles. The van der Waals surface area contributed by atoms with Crippen molar-refractivity contribution < 1.29 is 19.8 Å². The Balaban J connectivity index is 2.29. The van der Waals surface area contributed by atoms with Gasteiger partial charge in [-0.2, -0.15) is 0 Å². The average molecular weight is 288 g/mol. The molecule has 0 unspecified atom stereocenters. The highest BCUT2D eigenvalue weighted by molar-refractivity contribution is 6.04. The van der Waals surface area contributed by atoms with Gasteiger partial charge in [0.25, 0.3) is 5.91 Å². The number of benzene rings is 1. The van der Waals surface area contributed by atoms with Crippen LogP contribution in [0.3, 0.4) is 0 Å². The van der Waals surface area contributed by atoms with Gasteiger partial charge in [0, 0.05) is 23.6 Å². The van der Waals surface area contributed by atoms with Crippen molar-refractivity contribution >= 4 is 17.6 Å². The Morgan fingerprint density at radius 3 is 2.52 bits per heavy atom. The van der Waals surface area contributed by atoms with Gasteiger partial charge in [-0.15, -0.1) is 0 Å². The smallest absolute Gasteiger partial charge is 0.339 e. The van der Waals surface area contributed by atoms with Crippen molar-refractivity contribution in [2.75, 3.05) is 5.32 Å². The molecule has 0 fully saturated rings. The zero-order chi connectivity index (χ0) is 15.6. The largest absolute Gasteiger partial charge is 0.507 e. The summed E-state index contributed by atoms with van der Waals surface area (Å²) in [6.07, 6.45) is 1.28. The molecular weight excluding hydrogens is 276 g/mol. The number of aromatic carboxylic acids is 1. The Morgan fingerprint density at radius 2 is 1.90 bits per heavy atom. The molecule has 0 radical (unpaired) electrons. The number of amides is 1. The number of anilines is 1. The summed E-state index contributed by atoms with van der Waals surface area (Å²) >= 11 is 0. The molecule has 1 heterocycles. The highest BCUT2D eigenvalue weighted by atomic mass is 16.4. The average Bonchev–Trinajstić information content (AvgIpc) is 2.40. The van der Waals surface area contributed by atoms with E-state index in [1.54, 1.807) is 6.92 Å². The third-order valence-corrected chi connectivity index (χ3v) is 2.79. The van der Waals surface area contributed by atoms with Gasteiger partial charge in [-0.1, -0.05) is 0 Å². The van der Waals surface area contributed by atoms with E-state index in [9.17, 15) is 19.5 Å². The molecule has 108 valence electrons. The number of rotatable bonds is 3. The molecule has 7 heteroatoms. The van der Waals surface area contributed by atoms with Gasteiger partial charge in [-0.3, -0.25) is 9.59 Å². The normalized spacial score (nSPS) is 10.1. The van der Waals surface area contributed by atoms with Gasteiger partial charge in [0.2, 0.25) is 0 Å². The lowest BCUT2D eigenvalue weighted by Gasteiger charge is -2.07. The van der Waals surface area contributed by atoms with Gasteiger partial charge in [-0.05, 0) is 25.1 Å². The number of pyridine rings is 1. The molecule has 21 heavy (non-hydrogen) atoms. The second-order valence-corrected chi connectivity index (χ2v) is 4.39. The van der Waals surface area contributed by atoms with Crippen LogP contribution in [-0.4, -0.2) is 27.1 Å². The lowest BCUT2D eigenvalue weighted by molar-refractivity contribution is 0.0693. The monoisotopic (exact) mass is 288 g/mol. The first-order valence-corrected chi connectivity index (χ1v) is 5.95. The van der Waals surface area contributed by atoms with E-state index in [0.29, 0.717) is 5.69 Å². The number of nitrogens with one attached hydrogen (secondary N) is 2. The molecule has 4 N–H and O–H groups in total. The van der Waals surface area contributed by atoms with Crippen LogP contribution in [0, 0.1) is 6.92 Å². The maximum atomic E-state index is 12.0. The fraction of sp³-hybridized carbons (Fsp3) is 0.0714. The van der Waals surface area contributed by atoms with Gasteiger partial charge < -0.3 is 20.5 Å². The zero-order valence-electron chi connectivity index (χ0n) is 11.0. The topological polar surface area (TPSA) is 119 Å². The Labute approximate surface area is 118 Å². The molecular formula is C14H12N2O5. The molecule has 0 aliphatic carbocycles. The molecule has 1 amide bonds. The lowest BCUT2D eigenvalue weighted by Crippen LogP contribution is -2.21. The maximum absolute atomic E-state index is 12.0. The number of H-pyrrole nitrogens is 1. The fourth-order valence-electron chi connectivity index (χ4n) is 1.73. The maximum Gasteiger partial charge on any atom is 0.339 e. The number of aromatic hydroxyl groups is 1. The van der Waals surface area contributed by atoms with E-state index in [1.807, 2.05) is 0 Å². The summed E-state index contributed by atoms with van der Waals surface area (Å²) in [7, 11) is 0. The third-order valence-electron chi connectivity index (χ3n) is 2.79. The molecule has 0 aliphatic rings. The van der Waals surface area contributed by atoms with Crippen molar-refractivity contribution in [3.05, 3.63) is 57.5 Å². The standard InChI is InChI=1S/C14H12N2O5/c1-7-4-12(18)10(6-15-7)13(19)16-8-2-3-11(17)9(5-8)14(20)21/h2-6,17H,1H3,(H,15,18)(H,16,19)(H,20,21). The van der Waals surface area contributed by atoms with E-state index in [2.05, 4.69) is 10.3 Å². The van der Waals surface area contributed by atoms with Crippen molar-refractivity contribution in [1.82, 2.24) is 4.98 Å². The van der Waals surface area contributed by atoms with Crippen molar-refractivity contribution in [2.45, 2.75) is 6.92 Å². The minimum absolute atomic E-state index is 0.0921. The Hall–Kier alpha value is -3.09. The van der Waals surface area contributed by atoms with Gasteiger partial charge in [-0.25, -0.2) is 4.79 Å². The number of phenols is 1. The fourth-order valence-corrected chi connectivity index (χ4v) is 1.73. The number of carboxylic acid groups (broad SMARTS) is 1. The summed E-state index contributed by atoms with van der Waals surface area (Å²) < 4.78 is 0. The molecule has 7 nitrogen and oxygen atoms in total. The van der Waals surface area contributed by atoms with Crippen LogP contribution in [0.2, 0.25) is 0 Å². The van der Waals surface area contributed by atoms with E-state index < -0.39 is 23.1 Å². The summed E-state index contributed by atoms with van der Waals surface area (Å²) in [6.45, 7) is 1.68. The Kier molecular flexibility index (Phi) is 3.75. The number of aryl methyl sites for hydroxylation is 1. The SMILES string of the molecule is Cc1cc(=O)c(C(=O)Nc2ccc(O)c(C(=O)O)c2)c[nH]1. The number of aromatic amines is 1. The van der Waals surface area contributed by atoms with Gasteiger partial charge in [0.15, 0.2) is 5.43 Å². The second-order valence-electron chi connectivity index (χ2n) is 4.39. The molecule has 0 atom stereocenters. The Morgan fingerprint density at radius 1 is 1.19 bits per heavy atom. The highest BCUT2D eigenvalue weighted by Gasteiger charge is 2.14. The van der Waals surface area contributed by atoms with E-state index in [4.69, 9.17) is 5.11 Å². The minimum Gasteiger partial charge on any atom is -0.507 e. The Bertz CT molecular complexity index is 779. The predicted octanol–water partition coefficient (Wildman–Crippen LogP) is 1.34. The molecule has 0 spiro atoms. The number of hydrogen-bond acceptors (Lipinski definition) is 4. The number of carboxylic acids is 1. The molecule has 2 aromatic rings. The summed E-state index contributed by atoms with van der Waals surface area (Å²) in [5.41, 5.74) is -0.0957. The first-order chi connectivity index (χ1) is 9.88. The van der Waals surface area contributed by atoms with Crippen LogP contribution in [0.4, 0.5) is 5.69 Å². The first-order valence-electron chi connectivity index (χ1n) is 5.95. The van der Waals surface area contributed by atoms with E-state index >= 15 is 0 Å².